The van der Waals surface area contributed by atoms with E-state index in [4.69, 9.17) is 0 Å². The first-order chi connectivity index (χ1) is 15.2. The van der Waals surface area contributed by atoms with Crippen LogP contribution in [0.1, 0.15) is 18.7 Å². The number of sulfonamides is 1. The van der Waals surface area contributed by atoms with Crippen molar-refractivity contribution >= 4 is 21.6 Å². The fourth-order valence-corrected chi connectivity index (χ4v) is 5.28. The highest BCUT2D eigenvalue weighted by Crippen LogP contribution is 2.38. The van der Waals surface area contributed by atoms with E-state index in [1.54, 1.807) is 25.1 Å². The molecule has 0 spiro atoms. The Bertz CT molecular complexity index is 1140. The molecule has 1 aliphatic heterocycles. The summed E-state index contributed by atoms with van der Waals surface area (Å²) in [5.74, 6) is -0.712. The Kier molecular flexibility index (Phi) is 6.69. The number of hydrogen-bond acceptors (Lipinski definition) is 8. The van der Waals surface area contributed by atoms with E-state index in [1.807, 2.05) is 0 Å². The Hall–Kier alpha value is -3.58. The Morgan fingerprint density at radius 1 is 1.19 bits per heavy atom. The molecule has 0 bridgehead atoms. The molecule has 0 radical (unpaired) electrons. The third-order valence-electron chi connectivity index (χ3n) is 4.92. The van der Waals surface area contributed by atoms with Gasteiger partial charge in [0.1, 0.15) is 13.3 Å². The zero-order valence-electron chi connectivity index (χ0n) is 17.3. The van der Waals surface area contributed by atoms with Gasteiger partial charge in [-0.15, -0.1) is 0 Å². The largest absolute Gasteiger partial charge is 0.597 e. The van der Waals surface area contributed by atoms with Gasteiger partial charge in [-0.1, -0.05) is 30.3 Å². The fourth-order valence-electron chi connectivity index (χ4n) is 3.61. The van der Waals surface area contributed by atoms with E-state index in [-0.39, 0.29) is 27.6 Å². The number of nitro groups is 1. The van der Waals surface area contributed by atoms with E-state index in [0.29, 0.717) is 0 Å². The minimum absolute atomic E-state index is 0.0109. The molecule has 0 aliphatic carbocycles. The van der Waals surface area contributed by atoms with E-state index in [1.165, 1.54) is 41.3 Å². The van der Waals surface area contributed by atoms with Crippen LogP contribution in [0.5, 0.6) is 0 Å². The number of nitro benzene ring substituents is 1. The summed E-state index contributed by atoms with van der Waals surface area (Å²) in [5.41, 5.74) is -0.0381. The second-order valence-electron chi connectivity index (χ2n) is 7.04. The van der Waals surface area contributed by atoms with Gasteiger partial charge >= 0.3 is 0 Å². The summed E-state index contributed by atoms with van der Waals surface area (Å²) in [7, 11) is -2.93. The van der Waals surface area contributed by atoms with Gasteiger partial charge in [0.15, 0.2) is 5.28 Å². The molecule has 2 unspecified atom stereocenters. The van der Waals surface area contributed by atoms with Crippen LogP contribution >= 0.6 is 0 Å². The third-order valence-corrected chi connectivity index (χ3v) is 6.75. The predicted molar refractivity (Wildman–Crippen MR) is 110 cm³/mol. The molecular weight excluding hydrogens is 442 g/mol. The minimum atomic E-state index is -4.08. The van der Waals surface area contributed by atoms with Crippen LogP contribution in [0, 0.1) is 15.3 Å². The molecule has 32 heavy (non-hydrogen) atoms. The van der Waals surface area contributed by atoms with Crippen LogP contribution in [0.25, 0.3) is 0 Å². The zero-order valence-corrected chi connectivity index (χ0v) is 18.1. The third kappa shape index (κ3) is 4.53. The standard InChI is InChI=1S/C19H21N5O7S/c1-14-12-21(32(29,30)17-9-4-3-5-10-17)19(15-7-6-8-16(11-15)24(27)28)23(14)18(25)13-22(26)20-31-2/h3-11,14,19H,12-13H2,1-2H3/b22-20-. The van der Waals surface area contributed by atoms with Crippen molar-refractivity contribution in [3.8, 4) is 0 Å². The molecule has 1 heterocycles. The summed E-state index contributed by atoms with van der Waals surface area (Å²) in [6.45, 7) is 0.838. The lowest BCUT2D eigenvalue weighted by Gasteiger charge is -2.30. The number of benzene rings is 2. The Labute approximate surface area is 184 Å². The average Bonchev–Trinajstić information content (AvgIpc) is 3.12. The molecule has 1 amide bonds. The van der Waals surface area contributed by atoms with Crippen LogP contribution in [-0.2, 0) is 19.7 Å². The highest BCUT2D eigenvalue weighted by atomic mass is 32.2. The number of carbonyl (C=O) groups is 1. The molecule has 170 valence electrons. The lowest BCUT2D eigenvalue weighted by Crippen LogP contribution is -2.42. The van der Waals surface area contributed by atoms with Gasteiger partial charge in [0.2, 0.25) is 10.0 Å². The van der Waals surface area contributed by atoms with Gasteiger partial charge < -0.3 is 14.9 Å². The molecule has 3 rings (SSSR count). The molecule has 0 N–H and O–H groups in total. The summed E-state index contributed by atoms with van der Waals surface area (Å²) in [4.78, 5) is 29.3. The number of amides is 1. The molecule has 2 aromatic rings. The second kappa shape index (κ2) is 9.28. The number of hydrogen-bond donors (Lipinski definition) is 0. The smallest absolute Gasteiger partial charge is 0.294 e. The molecule has 2 aromatic carbocycles. The van der Waals surface area contributed by atoms with Crippen molar-refractivity contribution < 1.29 is 27.8 Å². The first-order valence-electron chi connectivity index (χ1n) is 9.48. The lowest BCUT2D eigenvalue weighted by molar-refractivity contribution is -0.547. The van der Waals surface area contributed by atoms with Gasteiger partial charge in [-0.05, 0) is 29.5 Å². The van der Waals surface area contributed by atoms with Crippen LogP contribution in [0.3, 0.4) is 0 Å². The Balaban J connectivity index is 2.11. The number of hydroxylamine groups is 1. The van der Waals surface area contributed by atoms with Gasteiger partial charge in [0.25, 0.3) is 18.1 Å². The van der Waals surface area contributed by atoms with Gasteiger partial charge in [-0.25, -0.2) is 8.42 Å². The van der Waals surface area contributed by atoms with Gasteiger partial charge in [-0.3, -0.25) is 14.9 Å². The van der Waals surface area contributed by atoms with Crippen LogP contribution in [0.2, 0.25) is 0 Å². The van der Waals surface area contributed by atoms with Crippen LogP contribution in [0.15, 0.2) is 64.8 Å². The van der Waals surface area contributed by atoms with Gasteiger partial charge in [0, 0.05) is 24.7 Å². The molecule has 1 aliphatic rings. The van der Waals surface area contributed by atoms with Crippen molar-refractivity contribution in [2.24, 2.45) is 5.28 Å². The summed E-state index contributed by atoms with van der Waals surface area (Å²) in [6.07, 6.45) is -1.20. The number of nitrogens with zero attached hydrogens (tertiary/aromatic N) is 5. The fraction of sp³-hybridized carbons (Fsp3) is 0.316. The second-order valence-corrected chi connectivity index (χ2v) is 8.93. The van der Waals surface area contributed by atoms with Crippen molar-refractivity contribution in [3.05, 3.63) is 75.5 Å². The van der Waals surface area contributed by atoms with E-state index in [2.05, 4.69) is 10.1 Å². The zero-order chi connectivity index (χ0) is 23.5. The van der Waals surface area contributed by atoms with Crippen LogP contribution in [0.4, 0.5) is 5.69 Å². The predicted octanol–water partition coefficient (Wildman–Crippen LogP) is 2.04. The van der Waals surface area contributed by atoms with Crippen molar-refractivity contribution in [2.75, 3.05) is 20.2 Å². The maximum atomic E-state index is 13.4. The van der Waals surface area contributed by atoms with Crippen molar-refractivity contribution in [2.45, 2.75) is 24.0 Å². The molecule has 0 aromatic heterocycles. The first-order valence-corrected chi connectivity index (χ1v) is 10.9. The molecule has 12 nitrogen and oxygen atoms in total. The Morgan fingerprint density at radius 2 is 1.88 bits per heavy atom. The van der Waals surface area contributed by atoms with Crippen LogP contribution in [-0.4, -0.2) is 59.6 Å². The van der Waals surface area contributed by atoms with Gasteiger partial charge in [-0.2, -0.15) is 4.31 Å². The summed E-state index contributed by atoms with van der Waals surface area (Å²) in [6, 6.07) is 12.4. The molecule has 2 atom stereocenters. The minimum Gasteiger partial charge on any atom is -0.597 e. The molecular formula is C19H21N5O7S. The summed E-state index contributed by atoms with van der Waals surface area (Å²) in [5, 5.41) is 26.2. The highest BCUT2D eigenvalue weighted by molar-refractivity contribution is 7.89. The number of rotatable bonds is 7. The van der Waals surface area contributed by atoms with E-state index < -0.39 is 39.6 Å². The van der Waals surface area contributed by atoms with E-state index in [0.717, 1.165) is 11.4 Å². The van der Waals surface area contributed by atoms with Crippen molar-refractivity contribution in [1.29, 1.82) is 0 Å². The molecule has 1 fully saturated rings. The summed E-state index contributed by atoms with van der Waals surface area (Å²) >= 11 is 0. The number of non-ortho nitro benzene ring substituents is 1. The quantitative estimate of drug-likeness (QED) is 0.264. The molecule has 0 saturated carbocycles. The lowest BCUT2D eigenvalue weighted by atomic mass is 10.1. The van der Waals surface area contributed by atoms with Gasteiger partial charge in [0.05, 0.1) is 9.82 Å². The van der Waals surface area contributed by atoms with Crippen molar-refractivity contribution in [1.82, 2.24) is 9.21 Å². The highest BCUT2D eigenvalue weighted by Gasteiger charge is 2.48. The van der Waals surface area contributed by atoms with E-state index >= 15 is 0 Å². The van der Waals surface area contributed by atoms with Crippen LogP contribution < -0.4 is 0 Å². The Morgan fingerprint density at radius 3 is 2.50 bits per heavy atom. The normalized spacial score (nSPS) is 19.7. The number of carbonyl (C=O) groups excluding carboxylic acids is 1. The average molecular weight is 463 g/mol. The topological polar surface area (TPSA) is 148 Å². The molecule has 1 saturated heterocycles. The molecule has 13 heteroatoms. The SMILES string of the molecule is CO/N=[N+](\[O-])CC(=O)N1C(C)CN(S(=O)(=O)c2ccccc2)C1c1cccc([N+](=O)[O-])c1. The maximum absolute atomic E-state index is 13.4. The monoisotopic (exact) mass is 463 g/mol. The van der Waals surface area contributed by atoms with E-state index in [9.17, 15) is 28.5 Å². The first kappa shape index (κ1) is 23.1. The maximum Gasteiger partial charge on any atom is 0.294 e. The van der Waals surface area contributed by atoms with Crippen molar-refractivity contribution in [3.63, 3.8) is 0 Å². The summed E-state index contributed by atoms with van der Waals surface area (Å²) < 4.78 is 27.9.